The van der Waals surface area contributed by atoms with Crippen LogP contribution in [0.1, 0.15) is 11.1 Å². The van der Waals surface area contributed by atoms with E-state index in [1.54, 1.807) is 0 Å². The molecule has 1 fully saturated rings. The van der Waals surface area contributed by atoms with Crippen LogP contribution >= 0.6 is 0 Å². The van der Waals surface area contributed by atoms with Gasteiger partial charge in [0.05, 0.1) is 13.5 Å². The minimum atomic E-state index is -0.191. The van der Waals surface area contributed by atoms with Crippen LogP contribution in [-0.2, 0) is 22.4 Å². The summed E-state index contributed by atoms with van der Waals surface area (Å²) < 4.78 is 4.66. The molecular weight excluding hydrogens is 240 g/mol. The Hall–Kier alpha value is -1.39. The van der Waals surface area contributed by atoms with Gasteiger partial charge >= 0.3 is 5.97 Å². The molecular formula is C15H22N2O2. The summed E-state index contributed by atoms with van der Waals surface area (Å²) in [6.07, 6.45) is 1.38. The largest absolute Gasteiger partial charge is 0.469 e. The Kier molecular flexibility index (Phi) is 4.93. The van der Waals surface area contributed by atoms with Crippen LogP contribution in [0.4, 0.5) is 0 Å². The lowest BCUT2D eigenvalue weighted by atomic mass is 10.0. The van der Waals surface area contributed by atoms with E-state index in [4.69, 9.17) is 0 Å². The molecule has 1 heterocycles. The maximum absolute atomic E-state index is 11.2. The van der Waals surface area contributed by atoms with Gasteiger partial charge in [0.25, 0.3) is 0 Å². The molecule has 1 N–H and O–H groups in total. The van der Waals surface area contributed by atoms with Crippen molar-refractivity contribution in [2.45, 2.75) is 18.9 Å². The number of methoxy groups -OCH3 is 1. The fourth-order valence-electron chi connectivity index (χ4n) is 2.44. The second-order valence-electron chi connectivity index (χ2n) is 5.19. The van der Waals surface area contributed by atoms with Crippen LogP contribution in [0.3, 0.4) is 0 Å². The van der Waals surface area contributed by atoms with Crippen molar-refractivity contribution in [1.82, 2.24) is 10.2 Å². The lowest BCUT2D eigenvalue weighted by Crippen LogP contribution is -2.49. The molecule has 1 unspecified atom stereocenters. The van der Waals surface area contributed by atoms with Gasteiger partial charge in [0.2, 0.25) is 0 Å². The third kappa shape index (κ3) is 4.33. The molecule has 1 atom stereocenters. The first-order valence-corrected chi connectivity index (χ1v) is 6.74. The van der Waals surface area contributed by atoms with Crippen molar-refractivity contribution in [1.29, 1.82) is 0 Å². The van der Waals surface area contributed by atoms with Crippen molar-refractivity contribution in [3.05, 3.63) is 35.4 Å². The van der Waals surface area contributed by atoms with Gasteiger partial charge in [-0.15, -0.1) is 0 Å². The predicted molar refractivity (Wildman–Crippen MR) is 75.2 cm³/mol. The molecule has 104 valence electrons. The van der Waals surface area contributed by atoms with Crippen molar-refractivity contribution in [2.24, 2.45) is 0 Å². The van der Waals surface area contributed by atoms with Gasteiger partial charge in [0.1, 0.15) is 0 Å². The van der Waals surface area contributed by atoms with Crippen LogP contribution < -0.4 is 5.32 Å². The number of hydrogen-bond donors (Lipinski definition) is 1. The molecule has 0 aromatic heterocycles. The third-order valence-corrected chi connectivity index (χ3v) is 3.54. The van der Waals surface area contributed by atoms with E-state index >= 15 is 0 Å². The van der Waals surface area contributed by atoms with Crippen LogP contribution in [-0.4, -0.2) is 50.7 Å². The first-order valence-electron chi connectivity index (χ1n) is 6.74. The summed E-state index contributed by atoms with van der Waals surface area (Å²) in [5.74, 6) is -0.191. The van der Waals surface area contributed by atoms with E-state index in [1.165, 1.54) is 12.7 Å². The Morgan fingerprint density at radius 2 is 2.05 bits per heavy atom. The minimum absolute atomic E-state index is 0.191. The number of likely N-dealkylation sites (N-methyl/N-ethyl adjacent to an activating group) is 1. The molecule has 0 bridgehead atoms. The number of esters is 1. The van der Waals surface area contributed by atoms with Crippen LogP contribution in [0.2, 0.25) is 0 Å². The van der Waals surface area contributed by atoms with Crippen LogP contribution in [0, 0.1) is 0 Å². The van der Waals surface area contributed by atoms with Gasteiger partial charge in [0.15, 0.2) is 0 Å². The molecule has 1 aliphatic rings. The second kappa shape index (κ2) is 6.68. The van der Waals surface area contributed by atoms with Crippen molar-refractivity contribution in [3.8, 4) is 0 Å². The highest BCUT2D eigenvalue weighted by Gasteiger charge is 2.16. The maximum Gasteiger partial charge on any atom is 0.309 e. The number of hydrogen-bond acceptors (Lipinski definition) is 4. The average molecular weight is 262 g/mol. The van der Waals surface area contributed by atoms with Gasteiger partial charge in [-0.1, -0.05) is 24.3 Å². The van der Waals surface area contributed by atoms with E-state index in [0.29, 0.717) is 12.5 Å². The normalized spacial score (nSPS) is 20.2. The Balaban J connectivity index is 1.89. The Bertz CT molecular complexity index is 417. The van der Waals surface area contributed by atoms with E-state index in [1.807, 2.05) is 12.1 Å². The summed E-state index contributed by atoms with van der Waals surface area (Å²) in [7, 11) is 3.58. The molecule has 1 aliphatic heterocycles. The summed E-state index contributed by atoms with van der Waals surface area (Å²) >= 11 is 0. The predicted octanol–water partition coefficient (Wildman–Crippen LogP) is 0.848. The van der Waals surface area contributed by atoms with Gasteiger partial charge < -0.3 is 15.0 Å². The quantitative estimate of drug-likeness (QED) is 0.817. The van der Waals surface area contributed by atoms with Gasteiger partial charge in [0, 0.05) is 25.7 Å². The zero-order valence-electron chi connectivity index (χ0n) is 11.7. The smallest absolute Gasteiger partial charge is 0.309 e. The fraction of sp³-hybridized carbons (Fsp3) is 0.533. The van der Waals surface area contributed by atoms with E-state index in [2.05, 4.69) is 34.1 Å². The molecule has 1 saturated heterocycles. The molecule has 0 aliphatic carbocycles. The fourth-order valence-corrected chi connectivity index (χ4v) is 2.44. The van der Waals surface area contributed by atoms with Gasteiger partial charge in [-0.3, -0.25) is 4.79 Å². The first kappa shape index (κ1) is 14.0. The SMILES string of the molecule is COC(=O)Cc1ccc(CC2CN(C)CCN2)cc1. The van der Waals surface area contributed by atoms with Crippen molar-refractivity contribution >= 4 is 5.97 Å². The van der Waals surface area contributed by atoms with E-state index in [9.17, 15) is 4.79 Å². The number of benzene rings is 1. The number of ether oxygens (including phenoxy) is 1. The minimum Gasteiger partial charge on any atom is -0.469 e. The van der Waals surface area contributed by atoms with Crippen molar-refractivity contribution in [3.63, 3.8) is 0 Å². The molecule has 2 rings (SSSR count). The molecule has 0 radical (unpaired) electrons. The summed E-state index contributed by atoms with van der Waals surface area (Å²) in [6, 6.07) is 8.76. The molecule has 0 saturated carbocycles. The highest BCUT2D eigenvalue weighted by atomic mass is 16.5. The monoisotopic (exact) mass is 262 g/mol. The van der Waals surface area contributed by atoms with E-state index in [0.717, 1.165) is 31.6 Å². The zero-order chi connectivity index (χ0) is 13.7. The van der Waals surface area contributed by atoms with E-state index in [-0.39, 0.29) is 5.97 Å². The summed E-state index contributed by atoms with van der Waals surface area (Å²) in [5, 5.41) is 3.54. The number of piperazine rings is 1. The number of nitrogens with zero attached hydrogens (tertiary/aromatic N) is 1. The third-order valence-electron chi connectivity index (χ3n) is 3.54. The highest BCUT2D eigenvalue weighted by molar-refractivity contribution is 5.72. The van der Waals surface area contributed by atoms with E-state index < -0.39 is 0 Å². The Labute approximate surface area is 114 Å². The first-order chi connectivity index (χ1) is 9.17. The Morgan fingerprint density at radius 1 is 1.37 bits per heavy atom. The number of nitrogens with one attached hydrogen (secondary N) is 1. The van der Waals surface area contributed by atoms with Gasteiger partial charge in [-0.2, -0.15) is 0 Å². The second-order valence-corrected chi connectivity index (χ2v) is 5.19. The topological polar surface area (TPSA) is 41.6 Å². The average Bonchev–Trinajstić information content (AvgIpc) is 2.41. The van der Waals surface area contributed by atoms with Crippen molar-refractivity contribution < 1.29 is 9.53 Å². The lowest BCUT2D eigenvalue weighted by Gasteiger charge is -2.31. The summed E-state index contributed by atoms with van der Waals surface area (Å²) in [4.78, 5) is 13.5. The zero-order valence-corrected chi connectivity index (χ0v) is 11.7. The molecule has 0 spiro atoms. The number of rotatable bonds is 4. The standard InChI is InChI=1S/C15H22N2O2/c1-17-8-7-16-14(11-17)9-12-3-5-13(6-4-12)10-15(18)19-2/h3-6,14,16H,7-11H2,1-2H3. The van der Waals surface area contributed by atoms with Crippen LogP contribution in [0.25, 0.3) is 0 Å². The molecule has 4 heteroatoms. The molecule has 19 heavy (non-hydrogen) atoms. The molecule has 1 aromatic carbocycles. The summed E-state index contributed by atoms with van der Waals surface area (Å²) in [6.45, 7) is 3.26. The number of carbonyl (C=O) groups excluding carboxylic acids is 1. The molecule has 0 amide bonds. The number of carbonyl (C=O) groups is 1. The van der Waals surface area contributed by atoms with Gasteiger partial charge in [-0.25, -0.2) is 0 Å². The lowest BCUT2D eigenvalue weighted by molar-refractivity contribution is -0.139. The Morgan fingerprint density at radius 3 is 2.68 bits per heavy atom. The van der Waals surface area contributed by atoms with Crippen LogP contribution in [0.15, 0.2) is 24.3 Å². The molecule has 4 nitrogen and oxygen atoms in total. The van der Waals surface area contributed by atoms with Gasteiger partial charge in [-0.05, 0) is 24.6 Å². The summed E-state index contributed by atoms with van der Waals surface area (Å²) in [5.41, 5.74) is 2.31. The van der Waals surface area contributed by atoms with Crippen LogP contribution in [0.5, 0.6) is 0 Å². The van der Waals surface area contributed by atoms with Crippen molar-refractivity contribution in [2.75, 3.05) is 33.8 Å². The highest BCUT2D eigenvalue weighted by Crippen LogP contribution is 2.10. The maximum atomic E-state index is 11.2. The molecule has 1 aromatic rings.